The predicted molar refractivity (Wildman–Crippen MR) is 51.3 cm³/mol. The molecule has 72 valence electrons. The Morgan fingerprint density at radius 3 is 2.92 bits per heavy atom. The maximum Gasteiger partial charge on any atom is 0.0518 e. The number of ether oxygens (including phenoxy) is 1. The van der Waals surface area contributed by atoms with Gasteiger partial charge < -0.3 is 10.1 Å². The minimum Gasteiger partial charge on any atom is -0.379 e. The Balaban J connectivity index is 1.98. The third-order valence-electron chi connectivity index (χ3n) is 2.38. The van der Waals surface area contributed by atoms with Crippen molar-refractivity contribution in [2.24, 2.45) is 5.92 Å². The Morgan fingerprint density at radius 2 is 2.33 bits per heavy atom. The summed E-state index contributed by atoms with van der Waals surface area (Å²) >= 11 is 0. The van der Waals surface area contributed by atoms with Crippen molar-refractivity contribution in [1.29, 1.82) is 0 Å². The molecule has 0 bridgehead atoms. The topological polar surface area (TPSA) is 21.3 Å². The Labute approximate surface area is 75.7 Å². The van der Waals surface area contributed by atoms with Crippen LogP contribution < -0.4 is 5.32 Å². The standard InChI is InChI=1S/C10H21NO/c1-9(2)12-7-5-10-4-3-6-11-8-10/h9-11H,3-8H2,1-2H3/t10-/m0/s1. The first-order valence-corrected chi connectivity index (χ1v) is 5.11. The molecule has 2 heteroatoms. The van der Waals surface area contributed by atoms with Gasteiger partial charge in [-0.2, -0.15) is 0 Å². The molecule has 1 atom stereocenters. The van der Waals surface area contributed by atoms with E-state index in [0.29, 0.717) is 6.10 Å². The van der Waals surface area contributed by atoms with Gasteiger partial charge in [-0.05, 0) is 52.1 Å². The first kappa shape index (κ1) is 10.0. The van der Waals surface area contributed by atoms with E-state index in [0.717, 1.165) is 12.5 Å². The largest absolute Gasteiger partial charge is 0.379 e. The molecule has 2 nitrogen and oxygen atoms in total. The summed E-state index contributed by atoms with van der Waals surface area (Å²) in [5, 5.41) is 3.42. The molecule has 1 fully saturated rings. The van der Waals surface area contributed by atoms with Crippen molar-refractivity contribution in [2.75, 3.05) is 19.7 Å². The Hall–Kier alpha value is -0.0800. The lowest BCUT2D eigenvalue weighted by Gasteiger charge is -2.22. The van der Waals surface area contributed by atoms with Crippen LogP contribution in [0.5, 0.6) is 0 Å². The second-order valence-corrected chi connectivity index (χ2v) is 3.92. The molecule has 1 saturated heterocycles. The van der Waals surface area contributed by atoms with E-state index >= 15 is 0 Å². The van der Waals surface area contributed by atoms with Gasteiger partial charge in [-0.1, -0.05) is 0 Å². The van der Waals surface area contributed by atoms with Gasteiger partial charge in [0.25, 0.3) is 0 Å². The second kappa shape index (κ2) is 5.55. The van der Waals surface area contributed by atoms with Crippen LogP contribution in [0.4, 0.5) is 0 Å². The highest BCUT2D eigenvalue weighted by Crippen LogP contribution is 2.13. The van der Waals surface area contributed by atoms with Crippen molar-refractivity contribution in [3.63, 3.8) is 0 Å². The molecule has 0 aromatic carbocycles. The van der Waals surface area contributed by atoms with Crippen LogP contribution in [0.25, 0.3) is 0 Å². The average Bonchev–Trinajstić information content (AvgIpc) is 2.05. The molecule has 0 radical (unpaired) electrons. The Bertz CT molecular complexity index is 108. The summed E-state index contributed by atoms with van der Waals surface area (Å²) in [5.74, 6) is 0.859. The minimum atomic E-state index is 0.390. The van der Waals surface area contributed by atoms with Crippen LogP contribution in [0.1, 0.15) is 33.1 Å². The zero-order valence-corrected chi connectivity index (χ0v) is 8.31. The van der Waals surface area contributed by atoms with Crippen LogP contribution in [-0.2, 0) is 4.74 Å². The van der Waals surface area contributed by atoms with Crippen molar-refractivity contribution in [2.45, 2.75) is 39.2 Å². The number of hydrogen-bond acceptors (Lipinski definition) is 2. The fraction of sp³-hybridized carbons (Fsp3) is 1.00. The van der Waals surface area contributed by atoms with Crippen LogP contribution in [0.3, 0.4) is 0 Å². The summed E-state index contributed by atoms with van der Waals surface area (Å²) in [6.45, 7) is 7.53. The Morgan fingerprint density at radius 1 is 1.50 bits per heavy atom. The number of rotatable bonds is 4. The first-order chi connectivity index (χ1) is 5.79. The first-order valence-electron chi connectivity index (χ1n) is 5.11. The van der Waals surface area contributed by atoms with E-state index in [2.05, 4.69) is 19.2 Å². The number of piperidine rings is 1. The Kier molecular flexibility index (Phi) is 4.62. The molecule has 1 aliphatic heterocycles. The zero-order valence-electron chi connectivity index (χ0n) is 8.31. The molecule has 0 amide bonds. The molecule has 1 aliphatic rings. The van der Waals surface area contributed by atoms with E-state index in [1.165, 1.54) is 32.4 Å². The van der Waals surface area contributed by atoms with Gasteiger partial charge in [0.05, 0.1) is 6.10 Å². The molecule has 0 spiro atoms. The van der Waals surface area contributed by atoms with Crippen LogP contribution in [0.15, 0.2) is 0 Å². The molecule has 12 heavy (non-hydrogen) atoms. The lowest BCUT2D eigenvalue weighted by molar-refractivity contribution is 0.0660. The van der Waals surface area contributed by atoms with E-state index < -0.39 is 0 Å². The molecular formula is C10H21NO. The predicted octanol–water partition coefficient (Wildman–Crippen LogP) is 1.80. The van der Waals surface area contributed by atoms with Gasteiger partial charge in [0, 0.05) is 6.61 Å². The number of hydrogen-bond donors (Lipinski definition) is 1. The summed E-state index contributed by atoms with van der Waals surface area (Å²) in [6.07, 6.45) is 4.34. The minimum absolute atomic E-state index is 0.390. The normalized spacial score (nSPS) is 24.8. The van der Waals surface area contributed by atoms with Crippen molar-refractivity contribution in [1.82, 2.24) is 5.32 Å². The smallest absolute Gasteiger partial charge is 0.0518 e. The van der Waals surface area contributed by atoms with Gasteiger partial charge in [-0.25, -0.2) is 0 Å². The monoisotopic (exact) mass is 171 g/mol. The molecule has 0 aliphatic carbocycles. The van der Waals surface area contributed by atoms with Crippen molar-refractivity contribution in [3.05, 3.63) is 0 Å². The maximum atomic E-state index is 5.52. The van der Waals surface area contributed by atoms with Crippen LogP contribution >= 0.6 is 0 Å². The van der Waals surface area contributed by atoms with Crippen LogP contribution in [0, 0.1) is 5.92 Å². The summed E-state index contributed by atoms with van der Waals surface area (Å²) in [4.78, 5) is 0. The molecule has 1 N–H and O–H groups in total. The maximum absolute atomic E-state index is 5.52. The van der Waals surface area contributed by atoms with Gasteiger partial charge >= 0.3 is 0 Å². The van der Waals surface area contributed by atoms with Crippen molar-refractivity contribution >= 4 is 0 Å². The highest BCUT2D eigenvalue weighted by molar-refractivity contribution is 4.68. The highest BCUT2D eigenvalue weighted by atomic mass is 16.5. The summed E-state index contributed by atoms with van der Waals surface area (Å²) in [6, 6.07) is 0. The van der Waals surface area contributed by atoms with E-state index in [9.17, 15) is 0 Å². The van der Waals surface area contributed by atoms with Gasteiger partial charge in [0.1, 0.15) is 0 Å². The molecule has 1 heterocycles. The van der Waals surface area contributed by atoms with Gasteiger partial charge in [-0.15, -0.1) is 0 Å². The van der Waals surface area contributed by atoms with E-state index in [-0.39, 0.29) is 0 Å². The van der Waals surface area contributed by atoms with Gasteiger partial charge in [0.2, 0.25) is 0 Å². The third kappa shape index (κ3) is 4.07. The third-order valence-corrected chi connectivity index (χ3v) is 2.38. The lowest BCUT2D eigenvalue weighted by Crippen LogP contribution is -2.30. The van der Waals surface area contributed by atoms with E-state index in [4.69, 9.17) is 4.74 Å². The van der Waals surface area contributed by atoms with Gasteiger partial charge in [0.15, 0.2) is 0 Å². The summed E-state index contributed by atoms with van der Waals surface area (Å²) in [7, 11) is 0. The van der Waals surface area contributed by atoms with Gasteiger partial charge in [-0.3, -0.25) is 0 Å². The molecule has 0 aromatic rings. The van der Waals surface area contributed by atoms with Crippen molar-refractivity contribution in [3.8, 4) is 0 Å². The fourth-order valence-electron chi connectivity index (χ4n) is 1.64. The van der Waals surface area contributed by atoms with Crippen molar-refractivity contribution < 1.29 is 4.74 Å². The molecule has 0 unspecified atom stereocenters. The molecule has 1 rings (SSSR count). The lowest BCUT2D eigenvalue weighted by atomic mass is 9.97. The summed E-state index contributed by atoms with van der Waals surface area (Å²) in [5.41, 5.74) is 0. The van der Waals surface area contributed by atoms with Crippen LogP contribution in [0.2, 0.25) is 0 Å². The summed E-state index contributed by atoms with van der Waals surface area (Å²) < 4.78 is 5.52. The second-order valence-electron chi connectivity index (χ2n) is 3.92. The fourth-order valence-corrected chi connectivity index (χ4v) is 1.64. The molecular weight excluding hydrogens is 150 g/mol. The number of nitrogens with one attached hydrogen (secondary N) is 1. The average molecular weight is 171 g/mol. The van der Waals surface area contributed by atoms with E-state index in [1.807, 2.05) is 0 Å². The highest BCUT2D eigenvalue weighted by Gasteiger charge is 2.12. The zero-order chi connectivity index (χ0) is 8.81. The SMILES string of the molecule is CC(C)OCC[C@@H]1CCCNC1. The molecule has 0 aromatic heterocycles. The van der Waals surface area contributed by atoms with Crippen LogP contribution in [-0.4, -0.2) is 25.8 Å². The quantitative estimate of drug-likeness (QED) is 0.696. The van der Waals surface area contributed by atoms with E-state index in [1.54, 1.807) is 0 Å². The molecule has 0 saturated carbocycles.